The van der Waals surface area contributed by atoms with E-state index in [1.54, 1.807) is 27.7 Å². The third-order valence-electron chi connectivity index (χ3n) is 21.3. The number of methoxy groups -OCH3 is 3. The Morgan fingerprint density at radius 1 is 0.535 bits per heavy atom. The van der Waals surface area contributed by atoms with Gasteiger partial charge < -0.3 is 61.6 Å². The molecule has 6 heterocycles. The van der Waals surface area contributed by atoms with Gasteiger partial charge in [-0.15, -0.1) is 0 Å². The molecule has 4 bridgehead atoms. The molecule has 10 fully saturated rings. The summed E-state index contributed by atoms with van der Waals surface area (Å²) < 4.78 is 64.2. The van der Waals surface area contributed by atoms with E-state index in [0.717, 1.165) is 44.1 Å². The van der Waals surface area contributed by atoms with Crippen molar-refractivity contribution in [1.29, 1.82) is 0 Å². The van der Waals surface area contributed by atoms with E-state index < -0.39 is 41.3 Å². The Labute approximate surface area is 587 Å². The van der Waals surface area contributed by atoms with Crippen molar-refractivity contribution in [3.63, 3.8) is 0 Å². The summed E-state index contributed by atoms with van der Waals surface area (Å²) in [5, 5.41) is 0. The lowest BCUT2D eigenvalue weighted by Crippen LogP contribution is -2.41. The molecule has 0 N–H and O–H groups in total. The summed E-state index contributed by atoms with van der Waals surface area (Å²) in [6.45, 7) is 35.5. The maximum atomic E-state index is 11.6. The van der Waals surface area contributed by atoms with Gasteiger partial charge in [0.15, 0.2) is 0 Å². The van der Waals surface area contributed by atoms with Crippen LogP contribution in [0.5, 0.6) is 0 Å². The van der Waals surface area contributed by atoms with Crippen LogP contribution in [0.3, 0.4) is 0 Å². The van der Waals surface area contributed by atoms with Crippen LogP contribution in [0, 0.1) is 87.3 Å². The summed E-state index contributed by atoms with van der Waals surface area (Å²) in [5.74, 6) is 1.41. The zero-order chi connectivity index (χ0) is 75.1. The topological polar surface area (TPSA) is 325 Å². The van der Waals surface area contributed by atoms with Crippen molar-refractivity contribution < 1.29 is 119 Å². The molecule has 0 aromatic heterocycles. The molecule has 99 heavy (non-hydrogen) atoms. The van der Waals surface area contributed by atoms with Gasteiger partial charge in [0.25, 0.3) is 0 Å². The Bertz CT molecular complexity index is 2690. The lowest BCUT2D eigenvalue weighted by Gasteiger charge is -2.32. The second kappa shape index (κ2) is 39.7. The minimum atomic E-state index is -0.906. The molecule has 18 unspecified atom stereocenters. The van der Waals surface area contributed by atoms with Crippen LogP contribution in [0.25, 0.3) is 0 Å². The third kappa shape index (κ3) is 25.0. The van der Waals surface area contributed by atoms with E-state index in [0.29, 0.717) is 68.0 Å². The molecular weight excluding hydrogens is 1290 g/mol. The minimum Gasteiger partial charge on any atom is -0.469 e. The van der Waals surface area contributed by atoms with Gasteiger partial charge in [0.1, 0.15) is 43.7 Å². The molecule has 566 valence electrons. The van der Waals surface area contributed by atoms with E-state index in [1.165, 1.54) is 59.9 Å². The SMILES string of the molecule is CC1OC(=O)C2C3CCC(C3)C12.CCC(C)(C)C(=O)OC.CCC(C)(C)C(=O)OC.CCC(C)C(=O)OC1(C)CCOC(=O)C1.CCC(C)C(=O)OC1C(=O)OCC1(C)C.CCC(C)C(=O)OC1C(=O)OCC1OC.CCC(C)C(=O)OC1COC(=O)C1.O=C1OCC2C3CCC(C3)C12. The van der Waals surface area contributed by atoms with Crippen molar-refractivity contribution >= 4 is 71.6 Å². The first-order valence-electron chi connectivity index (χ1n) is 35.9. The second-order valence-corrected chi connectivity index (χ2v) is 30.1. The van der Waals surface area contributed by atoms with Gasteiger partial charge in [0, 0.05) is 30.8 Å². The molecule has 0 spiro atoms. The van der Waals surface area contributed by atoms with Gasteiger partial charge in [0.05, 0.1) is 86.6 Å². The van der Waals surface area contributed by atoms with Crippen LogP contribution in [0.4, 0.5) is 0 Å². The summed E-state index contributed by atoms with van der Waals surface area (Å²) >= 11 is 0. The molecule has 10 aliphatic rings. The highest BCUT2D eigenvalue weighted by Gasteiger charge is 2.58. The molecule has 18 atom stereocenters. The molecule has 0 radical (unpaired) electrons. The first-order valence-corrected chi connectivity index (χ1v) is 35.9. The molecule has 4 saturated carbocycles. The molecule has 6 aliphatic heterocycles. The fourth-order valence-electron chi connectivity index (χ4n) is 12.8. The zero-order valence-electron chi connectivity index (χ0n) is 63.2. The van der Waals surface area contributed by atoms with Gasteiger partial charge in [-0.3, -0.25) is 47.9 Å². The smallest absolute Gasteiger partial charge is 0.350 e. The second-order valence-electron chi connectivity index (χ2n) is 30.1. The number of esters is 12. The number of carbonyl (C=O) groups is 12. The number of cyclic esters (lactones) is 6. The summed E-state index contributed by atoms with van der Waals surface area (Å²) in [7, 11) is 4.29. The van der Waals surface area contributed by atoms with E-state index in [2.05, 4.69) is 21.1 Å². The first kappa shape index (κ1) is 86.8. The van der Waals surface area contributed by atoms with Crippen molar-refractivity contribution in [2.75, 3.05) is 54.4 Å². The summed E-state index contributed by atoms with van der Waals surface area (Å²) in [6.07, 6.45) is 11.0. The molecule has 25 nitrogen and oxygen atoms in total. The highest BCUT2D eigenvalue weighted by Crippen LogP contribution is 2.57. The van der Waals surface area contributed by atoms with Crippen LogP contribution in [-0.4, -0.2) is 162 Å². The van der Waals surface area contributed by atoms with Crippen LogP contribution in [0.15, 0.2) is 0 Å². The lowest BCUT2D eigenvalue weighted by atomic mass is 9.79. The summed E-state index contributed by atoms with van der Waals surface area (Å²) in [4.78, 5) is 134. The standard InChI is InChI=1S/2C11H18O4.C10H16O5.C10H14O2.C9H14O4.C9H12O2.2C7H14O2/c1-5-7(2)9(12)15-8-10(13)14-6-11(8,3)4;1-4-8(2)10(13)15-11(3)5-6-14-9(12)7-11;1-4-6(2)9(11)15-8-7(13-3)5-14-10(8)12;1-5-8-6-2-3-7(4-6)9(8)10(11)12-5;1-3-6(2)9(11)13-7-4-8(10)12-5-7;10-9-8-6-2-1-5(3-6)7(8)4-11-9;2*1-5-7(2,3)6(8)9-4/h7-8H,5-6H2,1-4H3;8H,4-7H2,1-3H3;6-8H,4-5H2,1-3H3;5-9H,2-4H2,1H3;6-7H,3-5H2,1-2H3;5-8H,1-4H2;2*5H2,1-4H3. The van der Waals surface area contributed by atoms with E-state index in [1.807, 2.05) is 90.0 Å². The monoisotopic (exact) mass is 1410 g/mol. The van der Waals surface area contributed by atoms with Gasteiger partial charge in [-0.05, 0) is 142 Å². The molecule has 0 aromatic rings. The first-order chi connectivity index (χ1) is 46.3. The Morgan fingerprint density at radius 3 is 1.46 bits per heavy atom. The summed E-state index contributed by atoms with van der Waals surface area (Å²) in [5.41, 5.74) is -1.71. The minimum absolute atomic E-state index is 0.0969. The average Bonchev–Trinajstić information content (AvgIpc) is 1.61. The fraction of sp³-hybridized carbons (Fsp3) is 0.838. The highest BCUT2D eigenvalue weighted by molar-refractivity contribution is 5.84. The van der Waals surface area contributed by atoms with Gasteiger partial charge in [-0.1, -0.05) is 83.1 Å². The Kier molecular flexibility index (Phi) is 34.8. The van der Waals surface area contributed by atoms with Crippen molar-refractivity contribution in [3.05, 3.63) is 0 Å². The zero-order valence-corrected chi connectivity index (χ0v) is 63.2. The number of hydrogen-bond acceptors (Lipinski definition) is 25. The lowest BCUT2D eigenvalue weighted by molar-refractivity contribution is -0.178. The quantitative estimate of drug-likeness (QED) is 0.0964. The molecule has 0 amide bonds. The molecule has 6 saturated heterocycles. The molecule has 0 aromatic carbocycles. The number of hydrogen-bond donors (Lipinski definition) is 0. The van der Waals surface area contributed by atoms with Crippen LogP contribution >= 0.6 is 0 Å². The predicted molar refractivity (Wildman–Crippen MR) is 359 cm³/mol. The average molecular weight is 1410 g/mol. The van der Waals surface area contributed by atoms with Gasteiger partial charge in [-0.2, -0.15) is 0 Å². The number of carbonyl (C=O) groups excluding carboxylic acids is 12. The maximum Gasteiger partial charge on any atom is 0.350 e. The molecule has 10 rings (SSSR count). The van der Waals surface area contributed by atoms with E-state index >= 15 is 0 Å². The van der Waals surface area contributed by atoms with Crippen molar-refractivity contribution in [2.45, 2.75) is 257 Å². The van der Waals surface area contributed by atoms with Gasteiger partial charge in [-0.25, -0.2) is 9.59 Å². The van der Waals surface area contributed by atoms with E-state index in [9.17, 15) is 57.5 Å². The van der Waals surface area contributed by atoms with E-state index in [-0.39, 0.29) is 132 Å². The normalized spacial score (nSPS) is 30.1. The Balaban J connectivity index is 0.000000296. The van der Waals surface area contributed by atoms with Gasteiger partial charge in [0.2, 0.25) is 12.2 Å². The summed E-state index contributed by atoms with van der Waals surface area (Å²) in [6, 6.07) is 0. The fourth-order valence-corrected chi connectivity index (χ4v) is 12.8. The van der Waals surface area contributed by atoms with Crippen LogP contribution in [0.1, 0.15) is 221 Å². The van der Waals surface area contributed by atoms with Crippen LogP contribution < -0.4 is 0 Å². The molecule has 25 heteroatoms. The van der Waals surface area contributed by atoms with Crippen LogP contribution in [-0.2, 0) is 119 Å². The predicted octanol–water partition coefficient (Wildman–Crippen LogP) is 10.6. The molecule has 4 aliphatic carbocycles. The van der Waals surface area contributed by atoms with Gasteiger partial charge >= 0.3 is 71.6 Å². The number of ether oxygens (including phenoxy) is 13. The Hall–Kier alpha value is -6.40. The number of rotatable bonds is 17. The molecular formula is C74H120O25. The third-order valence-corrected chi connectivity index (χ3v) is 21.3. The van der Waals surface area contributed by atoms with Crippen molar-refractivity contribution in [2.24, 2.45) is 87.3 Å². The number of fused-ring (bicyclic) bond motifs is 10. The highest BCUT2D eigenvalue weighted by atomic mass is 16.6. The largest absolute Gasteiger partial charge is 0.469 e. The Morgan fingerprint density at radius 2 is 1.02 bits per heavy atom. The maximum absolute atomic E-state index is 11.6. The van der Waals surface area contributed by atoms with E-state index in [4.69, 9.17) is 47.4 Å². The van der Waals surface area contributed by atoms with Crippen LogP contribution in [0.2, 0.25) is 0 Å². The van der Waals surface area contributed by atoms with Crippen molar-refractivity contribution in [3.8, 4) is 0 Å². The van der Waals surface area contributed by atoms with Crippen molar-refractivity contribution in [1.82, 2.24) is 0 Å².